The Balaban J connectivity index is 1.35. The van der Waals surface area contributed by atoms with Crippen molar-refractivity contribution >= 4 is 44.8 Å². The molecule has 46 heavy (non-hydrogen) atoms. The molecule has 1 amide bonds. The number of hydrogen-bond donors (Lipinski definition) is 3. The highest BCUT2D eigenvalue weighted by atomic mass is 32.2. The number of sulfonamides is 1. The Labute approximate surface area is 269 Å². The lowest BCUT2D eigenvalue weighted by molar-refractivity contribution is -0.157. The molecule has 1 aromatic carbocycles. The zero-order valence-corrected chi connectivity index (χ0v) is 28.1. The highest BCUT2D eigenvalue weighted by molar-refractivity contribution is 7.89. The van der Waals surface area contributed by atoms with Crippen LogP contribution in [0.1, 0.15) is 56.7 Å². The average Bonchev–Trinajstić information content (AvgIpc) is 3.38. The Bertz CT molecular complexity index is 1730. The molecule has 1 saturated heterocycles. The van der Waals surface area contributed by atoms with E-state index in [2.05, 4.69) is 40.2 Å². The van der Waals surface area contributed by atoms with Gasteiger partial charge in [-0.3, -0.25) is 19.9 Å². The summed E-state index contributed by atoms with van der Waals surface area (Å²) in [5, 5.41) is 6.02. The Morgan fingerprint density at radius 3 is 2.41 bits per heavy atom. The first kappa shape index (κ1) is 33.3. The lowest BCUT2D eigenvalue weighted by Crippen LogP contribution is -2.48. The van der Waals surface area contributed by atoms with Crippen molar-refractivity contribution in [1.82, 2.24) is 34.9 Å². The third kappa shape index (κ3) is 7.64. The van der Waals surface area contributed by atoms with Gasteiger partial charge >= 0.3 is 5.97 Å². The van der Waals surface area contributed by atoms with E-state index in [0.717, 1.165) is 18.5 Å². The number of nitrogens with zero attached hydrogens (tertiary/aromatic N) is 6. The first-order chi connectivity index (χ1) is 21.7. The molecule has 0 saturated carbocycles. The molecule has 3 aromatic rings. The number of piperidine rings is 1. The number of carbonyl (C=O) groups is 2. The predicted octanol–water partition coefficient (Wildman–Crippen LogP) is 2.12. The minimum Gasteiger partial charge on any atom is -0.459 e. The van der Waals surface area contributed by atoms with Crippen molar-refractivity contribution < 1.29 is 22.7 Å². The molecule has 14 nitrogen and oxygen atoms in total. The summed E-state index contributed by atoms with van der Waals surface area (Å²) in [4.78, 5) is 46.3. The van der Waals surface area contributed by atoms with Crippen LogP contribution in [0, 0.1) is 26.7 Å². The van der Waals surface area contributed by atoms with E-state index in [4.69, 9.17) is 4.74 Å². The van der Waals surface area contributed by atoms with Crippen molar-refractivity contribution in [3.05, 3.63) is 41.5 Å². The monoisotopic (exact) mass is 653 g/mol. The number of rotatable bonds is 8. The second kappa shape index (κ2) is 13.3. The fourth-order valence-electron chi connectivity index (χ4n) is 5.99. The van der Waals surface area contributed by atoms with Gasteiger partial charge in [-0.1, -0.05) is 17.7 Å². The third-order valence-corrected chi connectivity index (χ3v) is 9.70. The molecule has 4 heterocycles. The molecule has 0 spiro atoms. The maximum absolute atomic E-state index is 13.7. The number of aryl methyl sites for hydroxylation is 3. The quantitative estimate of drug-likeness (QED) is 0.306. The van der Waals surface area contributed by atoms with Crippen molar-refractivity contribution in [2.45, 2.75) is 83.9 Å². The summed E-state index contributed by atoms with van der Waals surface area (Å²) in [5.41, 5.74) is 2.23. The summed E-state index contributed by atoms with van der Waals surface area (Å²) in [6.45, 7) is 13.1. The number of nitrogens with one attached hydrogen (secondary N) is 3. The normalized spacial score (nSPS) is 16.9. The third-order valence-electron chi connectivity index (χ3n) is 7.93. The predicted molar refractivity (Wildman–Crippen MR) is 174 cm³/mol. The average molecular weight is 654 g/mol. The molecular formula is C31H43N9O5S. The van der Waals surface area contributed by atoms with Crippen LogP contribution in [0.4, 0.5) is 5.82 Å². The topological polar surface area (TPSA) is 173 Å². The van der Waals surface area contributed by atoms with Gasteiger partial charge in [-0.2, -0.15) is 4.72 Å². The fourth-order valence-corrected chi connectivity index (χ4v) is 7.62. The van der Waals surface area contributed by atoms with Crippen LogP contribution in [0.25, 0.3) is 11.2 Å². The first-order valence-corrected chi connectivity index (χ1v) is 17.0. The molecule has 0 unspecified atom stereocenters. The van der Waals surface area contributed by atoms with E-state index in [9.17, 15) is 18.0 Å². The maximum Gasteiger partial charge on any atom is 0.326 e. The van der Waals surface area contributed by atoms with Crippen molar-refractivity contribution in [1.29, 1.82) is 0 Å². The summed E-state index contributed by atoms with van der Waals surface area (Å²) in [5.74, 6) is 0.237. The second-order valence-corrected chi connectivity index (χ2v) is 14.6. The number of guanidine groups is 1. The van der Waals surface area contributed by atoms with Gasteiger partial charge in [0, 0.05) is 32.1 Å². The van der Waals surface area contributed by atoms with Crippen LogP contribution in [-0.4, -0.2) is 83.6 Å². The molecular weight excluding hydrogens is 610 g/mol. The second-order valence-electron chi connectivity index (χ2n) is 13.0. The highest BCUT2D eigenvalue weighted by Gasteiger charge is 2.33. The fraction of sp³-hybridized carbons (Fsp3) is 0.548. The van der Waals surface area contributed by atoms with Gasteiger partial charge in [0.1, 0.15) is 18.0 Å². The van der Waals surface area contributed by atoms with E-state index in [1.807, 2.05) is 6.92 Å². The molecule has 3 N–H and O–H groups in total. The van der Waals surface area contributed by atoms with E-state index < -0.39 is 27.6 Å². The minimum atomic E-state index is -4.11. The molecule has 2 aliphatic heterocycles. The SMILES string of the molecule is Cc1cc(C)c(S(=O)(=O)N[C@@H](Cn2cnc3c(N4CCC(C(=O)NC5=NCCCN5)CC4)ncnc32)C(=O)OC(C)(C)C)c(C)c1. The van der Waals surface area contributed by atoms with Crippen LogP contribution in [0.2, 0.25) is 0 Å². The zero-order chi connectivity index (χ0) is 33.2. The zero-order valence-electron chi connectivity index (χ0n) is 27.3. The van der Waals surface area contributed by atoms with Crippen LogP contribution >= 0.6 is 0 Å². The first-order valence-electron chi connectivity index (χ1n) is 15.5. The number of aliphatic imine (C=N–C) groups is 1. The molecule has 0 aliphatic carbocycles. The number of imidazole rings is 1. The van der Waals surface area contributed by atoms with Gasteiger partial charge in [-0.15, -0.1) is 0 Å². The van der Waals surface area contributed by atoms with Gasteiger partial charge in [0.15, 0.2) is 22.9 Å². The maximum atomic E-state index is 13.7. The van der Waals surface area contributed by atoms with E-state index in [1.165, 1.54) is 12.7 Å². The minimum absolute atomic E-state index is 0.0448. The lowest BCUT2D eigenvalue weighted by atomic mass is 9.96. The Morgan fingerprint density at radius 1 is 1.09 bits per heavy atom. The Kier molecular flexibility index (Phi) is 9.63. The number of hydrogen-bond acceptors (Lipinski definition) is 11. The van der Waals surface area contributed by atoms with Crippen LogP contribution in [0.5, 0.6) is 0 Å². The molecule has 0 radical (unpaired) electrons. The lowest BCUT2D eigenvalue weighted by Gasteiger charge is -2.32. The molecule has 1 fully saturated rings. The van der Waals surface area contributed by atoms with Crippen molar-refractivity contribution in [3.8, 4) is 0 Å². The van der Waals surface area contributed by atoms with Gasteiger partial charge in [-0.05, 0) is 71.9 Å². The highest BCUT2D eigenvalue weighted by Crippen LogP contribution is 2.28. The molecule has 5 rings (SSSR count). The number of aromatic nitrogens is 4. The van der Waals surface area contributed by atoms with Gasteiger partial charge < -0.3 is 19.5 Å². The molecule has 2 aliphatic rings. The number of fused-ring (bicyclic) bond motifs is 1. The molecule has 0 bridgehead atoms. The van der Waals surface area contributed by atoms with E-state index in [0.29, 0.717) is 66.5 Å². The van der Waals surface area contributed by atoms with Crippen LogP contribution in [-0.2, 0) is 30.9 Å². The van der Waals surface area contributed by atoms with Crippen LogP contribution in [0.15, 0.2) is 34.7 Å². The number of anilines is 1. The smallest absolute Gasteiger partial charge is 0.326 e. The van der Waals surface area contributed by atoms with Gasteiger partial charge in [0.2, 0.25) is 15.9 Å². The summed E-state index contributed by atoms with van der Waals surface area (Å²) in [6, 6.07) is 2.32. The summed E-state index contributed by atoms with van der Waals surface area (Å²) in [6.07, 6.45) is 5.16. The van der Waals surface area contributed by atoms with Gasteiger partial charge in [0.05, 0.1) is 17.8 Å². The van der Waals surface area contributed by atoms with Crippen LogP contribution in [0.3, 0.4) is 0 Å². The van der Waals surface area contributed by atoms with Crippen molar-refractivity contribution in [2.75, 3.05) is 31.1 Å². The molecule has 248 valence electrons. The number of ether oxygens (including phenoxy) is 1. The van der Waals surface area contributed by atoms with Crippen molar-refractivity contribution in [2.24, 2.45) is 10.9 Å². The summed E-state index contributed by atoms with van der Waals surface area (Å²) < 4.78 is 37.2. The standard InChI is InChI=1S/C31H43N9O5S/c1-19-14-20(2)25(21(3)15-19)46(43,44)38-23(29(42)45-31(4,5)6)16-40-18-36-24-26(34-17-35-27(24)40)39-12-8-22(9-13-39)28(41)37-30-32-10-7-11-33-30/h14-15,17-18,22-23,38H,7-13,16H2,1-6H3,(H2,32,33,37,41)/t23-/m0/s1. The number of benzene rings is 1. The van der Waals surface area contributed by atoms with Crippen molar-refractivity contribution in [3.63, 3.8) is 0 Å². The summed E-state index contributed by atoms with van der Waals surface area (Å²) >= 11 is 0. The van der Waals surface area contributed by atoms with Gasteiger partial charge in [0.25, 0.3) is 0 Å². The van der Waals surface area contributed by atoms with Gasteiger partial charge in [-0.25, -0.2) is 23.4 Å². The Morgan fingerprint density at radius 2 is 1.78 bits per heavy atom. The Hall–Kier alpha value is -4.11. The molecule has 2 aromatic heterocycles. The van der Waals surface area contributed by atoms with E-state index >= 15 is 0 Å². The largest absolute Gasteiger partial charge is 0.459 e. The van der Waals surface area contributed by atoms with E-state index in [-0.39, 0.29) is 23.3 Å². The molecule has 1 atom stereocenters. The number of carbonyl (C=O) groups excluding carboxylic acids is 2. The van der Waals surface area contributed by atoms with Crippen LogP contribution < -0.4 is 20.3 Å². The summed E-state index contributed by atoms with van der Waals surface area (Å²) in [7, 11) is -4.11. The molecule has 15 heteroatoms. The van der Waals surface area contributed by atoms with E-state index in [1.54, 1.807) is 51.3 Å². The number of esters is 1. The number of amides is 1.